The van der Waals surface area contributed by atoms with Gasteiger partial charge in [-0.3, -0.25) is 0 Å². The highest BCUT2D eigenvalue weighted by Gasteiger charge is 2.28. The van der Waals surface area contributed by atoms with Gasteiger partial charge in [-0.15, -0.1) is 0 Å². The maximum atomic E-state index is 11.4. The van der Waals surface area contributed by atoms with E-state index in [1.54, 1.807) is 6.92 Å². The highest BCUT2D eigenvalue weighted by atomic mass is 16.5. The highest BCUT2D eigenvalue weighted by Crippen LogP contribution is 2.01. The number of aliphatic carboxylic acids is 1. The van der Waals surface area contributed by atoms with Crippen molar-refractivity contribution in [2.75, 3.05) is 0 Å². The third-order valence-corrected chi connectivity index (χ3v) is 1.93. The molecule has 0 aromatic carbocycles. The van der Waals surface area contributed by atoms with Crippen LogP contribution in [0.2, 0.25) is 0 Å². The Bertz CT molecular complexity index is 426. The lowest BCUT2D eigenvalue weighted by molar-refractivity contribution is -0.142. The average Bonchev–Trinajstić information content (AvgIpc) is 2.60. The number of aryl methyl sites for hydroxylation is 1. The number of carbonyl (C=O) groups is 2. The number of carboxylic acids is 1. The van der Waals surface area contributed by atoms with Crippen LogP contribution in [0, 0.1) is 6.92 Å². The molecule has 1 aromatic heterocycles. The molecule has 17 heavy (non-hydrogen) atoms. The van der Waals surface area contributed by atoms with Crippen molar-refractivity contribution in [2.24, 2.45) is 0 Å². The van der Waals surface area contributed by atoms with E-state index in [1.807, 2.05) is 0 Å². The smallest absolute Gasteiger partial charge is 0.328 e. The van der Waals surface area contributed by atoms with Crippen LogP contribution in [0.25, 0.3) is 0 Å². The summed E-state index contributed by atoms with van der Waals surface area (Å²) in [6.45, 7) is 4.46. The molecule has 1 heterocycles. The van der Waals surface area contributed by atoms with Crippen LogP contribution in [0.1, 0.15) is 25.6 Å². The van der Waals surface area contributed by atoms with E-state index in [4.69, 9.17) is 9.63 Å². The second-order valence-corrected chi connectivity index (χ2v) is 3.97. The van der Waals surface area contributed by atoms with Crippen molar-refractivity contribution in [2.45, 2.75) is 32.9 Å². The van der Waals surface area contributed by atoms with Crippen LogP contribution in [0.3, 0.4) is 0 Å². The van der Waals surface area contributed by atoms with Crippen molar-refractivity contribution < 1.29 is 19.2 Å². The largest absolute Gasteiger partial charge is 0.480 e. The van der Waals surface area contributed by atoms with Crippen molar-refractivity contribution in [3.05, 3.63) is 11.7 Å². The lowest BCUT2D eigenvalue weighted by Crippen LogP contribution is -2.53. The summed E-state index contributed by atoms with van der Waals surface area (Å²) in [7, 11) is 0. The van der Waals surface area contributed by atoms with Gasteiger partial charge in [-0.1, -0.05) is 5.16 Å². The fourth-order valence-electron chi connectivity index (χ4n) is 0.949. The number of nitrogens with one attached hydrogen (secondary N) is 2. The summed E-state index contributed by atoms with van der Waals surface area (Å²) in [4.78, 5) is 26.0. The summed E-state index contributed by atoms with van der Waals surface area (Å²) < 4.78 is 4.77. The summed E-state index contributed by atoms with van der Waals surface area (Å²) in [5.74, 6) is -0.403. The number of carbonyl (C=O) groups excluding carboxylic acids is 1. The van der Waals surface area contributed by atoms with Gasteiger partial charge in [0.05, 0.1) is 6.54 Å². The molecule has 0 aliphatic carbocycles. The zero-order valence-electron chi connectivity index (χ0n) is 9.77. The Balaban J connectivity index is 2.43. The number of amides is 2. The molecule has 2 amide bonds. The van der Waals surface area contributed by atoms with Gasteiger partial charge < -0.3 is 20.3 Å². The van der Waals surface area contributed by atoms with Crippen LogP contribution < -0.4 is 10.6 Å². The molecule has 3 N–H and O–H groups in total. The number of nitrogens with zero attached hydrogens (tertiary/aromatic N) is 2. The van der Waals surface area contributed by atoms with E-state index in [9.17, 15) is 9.59 Å². The SMILES string of the molecule is Cc1noc(CNC(=O)NC(C)(C)C(=O)O)n1. The van der Waals surface area contributed by atoms with E-state index >= 15 is 0 Å². The molecule has 0 spiro atoms. The highest BCUT2D eigenvalue weighted by molar-refractivity contribution is 5.85. The summed E-state index contributed by atoms with van der Waals surface area (Å²) in [6.07, 6.45) is 0. The molecule has 0 atom stereocenters. The Morgan fingerprint density at radius 2 is 2.12 bits per heavy atom. The third kappa shape index (κ3) is 3.74. The van der Waals surface area contributed by atoms with Crippen LogP contribution in [-0.4, -0.2) is 32.8 Å². The van der Waals surface area contributed by atoms with Crippen molar-refractivity contribution in [3.8, 4) is 0 Å². The predicted octanol–water partition coefficient (Wildman–Crippen LogP) is 0.0404. The third-order valence-electron chi connectivity index (χ3n) is 1.93. The van der Waals surface area contributed by atoms with Gasteiger partial charge in [-0.05, 0) is 20.8 Å². The topological polar surface area (TPSA) is 117 Å². The predicted molar refractivity (Wildman–Crippen MR) is 56.1 cm³/mol. The van der Waals surface area contributed by atoms with Gasteiger partial charge in [0.1, 0.15) is 5.54 Å². The Morgan fingerprint density at radius 1 is 1.47 bits per heavy atom. The lowest BCUT2D eigenvalue weighted by atomic mass is 10.1. The number of hydrogen-bond donors (Lipinski definition) is 3. The monoisotopic (exact) mass is 242 g/mol. The van der Waals surface area contributed by atoms with Gasteiger partial charge in [0.2, 0.25) is 5.89 Å². The van der Waals surface area contributed by atoms with E-state index in [2.05, 4.69) is 20.8 Å². The number of urea groups is 1. The molecule has 0 aliphatic rings. The Labute approximate surface area is 97.4 Å². The second-order valence-electron chi connectivity index (χ2n) is 3.97. The van der Waals surface area contributed by atoms with Crippen LogP contribution >= 0.6 is 0 Å². The molecule has 0 radical (unpaired) electrons. The standard InChI is InChI=1S/C9H14N4O4/c1-5-11-6(17-13-5)4-10-8(16)12-9(2,3)7(14)15/h4H2,1-3H3,(H,14,15)(H2,10,12,16). The molecular weight excluding hydrogens is 228 g/mol. The van der Waals surface area contributed by atoms with Crippen molar-refractivity contribution in [1.29, 1.82) is 0 Å². The Kier molecular flexibility index (Phi) is 3.66. The quantitative estimate of drug-likeness (QED) is 0.686. The average molecular weight is 242 g/mol. The maximum absolute atomic E-state index is 11.4. The first kappa shape index (κ1) is 12.9. The van der Waals surface area contributed by atoms with Crippen LogP contribution in [0.15, 0.2) is 4.52 Å². The van der Waals surface area contributed by atoms with Gasteiger partial charge in [-0.2, -0.15) is 4.98 Å². The zero-order valence-corrected chi connectivity index (χ0v) is 9.77. The van der Waals surface area contributed by atoms with E-state index in [1.165, 1.54) is 13.8 Å². The maximum Gasteiger partial charge on any atom is 0.328 e. The van der Waals surface area contributed by atoms with Gasteiger partial charge in [-0.25, -0.2) is 9.59 Å². The first-order valence-electron chi connectivity index (χ1n) is 4.90. The molecule has 94 valence electrons. The number of carboxylic acid groups (broad SMARTS) is 1. The first-order valence-corrected chi connectivity index (χ1v) is 4.90. The minimum Gasteiger partial charge on any atom is -0.480 e. The van der Waals surface area contributed by atoms with E-state index in [0.29, 0.717) is 5.82 Å². The Hall–Kier alpha value is -2.12. The van der Waals surface area contributed by atoms with E-state index in [0.717, 1.165) is 0 Å². The van der Waals surface area contributed by atoms with Gasteiger partial charge >= 0.3 is 12.0 Å². The van der Waals surface area contributed by atoms with Crippen molar-refractivity contribution in [3.63, 3.8) is 0 Å². The summed E-state index contributed by atoms with van der Waals surface area (Å²) in [6, 6.07) is -0.617. The van der Waals surface area contributed by atoms with Gasteiger partial charge in [0.15, 0.2) is 5.82 Å². The minimum absolute atomic E-state index is 0.0440. The molecule has 8 heteroatoms. The van der Waals surface area contributed by atoms with Gasteiger partial charge in [0.25, 0.3) is 0 Å². The molecule has 0 unspecified atom stereocenters. The Morgan fingerprint density at radius 3 is 2.59 bits per heavy atom. The normalized spacial score (nSPS) is 11.0. The molecule has 0 saturated heterocycles. The van der Waals surface area contributed by atoms with E-state index < -0.39 is 17.5 Å². The summed E-state index contributed by atoms with van der Waals surface area (Å²) >= 11 is 0. The second kappa shape index (κ2) is 4.81. The van der Waals surface area contributed by atoms with E-state index in [-0.39, 0.29) is 12.4 Å². The number of rotatable bonds is 4. The fraction of sp³-hybridized carbons (Fsp3) is 0.556. The molecular formula is C9H14N4O4. The molecule has 0 fully saturated rings. The summed E-state index contributed by atoms with van der Waals surface area (Å²) in [5.41, 5.74) is -1.34. The molecule has 0 aliphatic heterocycles. The van der Waals surface area contributed by atoms with Crippen LogP contribution in [0.4, 0.5) is 4.79 Å². The molecule has 1 aromatic rings. The van der Waals surface area contributed by atoms with Crippen molar-refractivity contribution in [1.82, 2.24) is 20.8 Å². The van der Waals surface area contributed by atoms with Crippen LogP contribution in [-0.2, 0) is 11.3 Å². The lowest BCUT2D eigenvalue weighted by Gasteiger charge is -2.20. The van der Waals surface area contributed by atoms with Crippen LogP contribution in [0.5, 0.6) is 0 Å². The minimum atomic E-state index is -1.34. The molecule has 0 bridgehead atoms. The number of hydrogen-bond acceptors (Lipinski definition) is 5. The zero-order chi connectivity index (χ0) is 13.1. The molecule has 0 saturated carbocycles. The molecule has 8 nitrogen and oxygen atoms in total. The first-order chi connectivity index (χ1) is 7.81. The fourth-order valence-corrected chi connectivity index (χ4v) is 0.949. The number of aromatic nitrogens is 2. The van der Waals surface area contributed by atoms with Gasteiger partial charge in [0, 0.05) is 0 Å². The summed E-state index contributed by atoms with van der Waals surface area (Å²) in [5, 5.41) is 17.0. The molecule has 1 rings (SSSR count). The van der Waals surface area contributed by atoms with Crippen molar-refractivity contribution >= 4 is 12.0 Å².